The molecule has 0 spiro atoms. The van der Waals surface area contributed by atoms with Crippen molar-refractivity contribution in [3.8, 4) is 0 Å². The molecule has 0 aromatic carbocycles. The average Bonchev–Trinajstić information content (AvgIpc) is 2.98. The monoisotopic (exact) mass is 261 g/mol. The highest BCUT2D eigenvalue weighted by Gasteiger charge is 2.19. The lowest BCUT2D eigenvalue weighted by Gasteiger charge is -2.00. The van der Waals surface area contributed by atoms with E-state index in [0.29, 0.717) is 5.82 Å². The zero-order valence-corrected chi connectivity index (χ0v) is 11.3. The number of amides is 1. The smallest absolute Gasteiger partial charge is 0.266 e. The van der Waals surface area contributed by atoms with Gasteiger partial charge in [0.05, 0.1) is 4.88 Å². The van der Waals surface area contributed by atoms with Crippen LogP contribution in [-0.4, -0.2) is 16.1 Å². The van der Waals surface area contributed by atoms with E-state index in [9.17, 15) is 4.79 Å². The summed E-state index contributed by atoms with van der Waals surface area (Å²) in [5.41, 5.74) is 3.33. The first-order valence-electron chi connectivity index (χ1n) is 6.09. The van der Waals surface area contributed by atoms with E-state index in [1.807, 2.05) is 19.9 Å². The minimum atomic E-state index is -0.0519. The van der Waals surface area contributed by atoms with E-state index in [1.165, 1.54) is 16.9 Å². The molecule has 1 amide bonds. The second kappa shape index (κ2) is 4.24. The number of rotatable bonds is 2. The Morgan fingerprint density at radius 3 is 2.94 bits per heavy atom. The largest absolute Gasteiger partial charge is 0.304 e. The Kier molecular flexibility index (Phi) is 2.70. The number of aryl methyl sites for hydroxylation is 3. The molecule has 0 unspecified atom stereocenters. The molecule has 0 aliphatic heterocycles. The molecule has 1 aliphatic rings. The van der Waals surface area contributed by atoms with Crippen LogP contribution < -0.4 is 5.32 Å². The number of hydrogen-bond donors (Lipinski definition) is 2. The number of aromatic amines is 1. The molecule has 0 atom stereocenters. The van der Waals surface area contributed by atoms with Crippen molar-refractivity contribution in [1.82, 2.24) is 10.2 Å². The van der Waals surface area contributed by atoms with Gasteiger partial charge in [-0.25, -0.2) is 0 Å². The molecule has 3 rings (SSSR count). The second-order valence-electron chi connectivity index (χ2n) is 4.69. The highest BCUT2D eigenvalue weighted by Crippen LogP contribution is 2.31. The topological polar surface area (TPSA) is 57.8 Å². The summed E-state index contributed by atoms with van der Waals surface area (Å²) in [7, 11) is 0. The van der Waals surface area contributed by atoms with E-state index in [1.54, 1.807) is 11.3 Å². The third-order valence-electron chi connectivity index (χ3n) is 3.46. The van der Waals surface area contributed by atoms with Crippen molar-refractivity contribution >= 4 is 23.1 Å². The summed E-state index contributed by atoms with van der Waals surface area (Å²) in [5.74, 6) is 0.579. The molecule has 1 aliphatic carbocycles. The number of hydrogen-bond acceptors (Lipinski definition) is 3. The molecule has 2 N–H and O–H groups in total. The number of carbonyl (C=O) groups excluding carboxylic acids is 1. The maximum absolute atomic E-state index is 12.1. The average molecular weight is 261 g/mol. The zero-order chi connectivity index (χ0) is 12.7. The highest BCUT2D eigenvalue weighted by atomic mass is 32.1. The van der Waals surface area contributed by atoms with Crippen LogP contribution in [0.4, 0.5) is 5.82 Å². The van der Waals surface area contributed by atoms with Crippen LogP contribution >= 0.6 is 11.3 Å². The lowest BCUT2D eigenvalue weighted by Crippen LogP contribution is -2.11. The van der Waals surface area contributed by atoms with Crippen molar-refractivity contribution in [1.29, 1.82) is 0 Å². The molecule has 0 radical (unpaired) electrons. The van der Waals surface area contributed by atoms with E-state index < -0.39 is 0 Å². The predicted octanol–water partition coefficient (Wildman–Crippen LogP) is 2.83. The maximum atomic E-state index is 12.1. The van der Waals surface area contributed by atoms with E-state index in [4.69, 9.17) is 0 Å². The maximum Gasteiger partial charge on any atom is 0.266 e. The molecular weight excluding hydrogens is 246 g/mol. The van der Waals surface area contributed by atoms with E-state index in [2.05, 4.69) is 15.5 Å². The van der Waals surface area contributed by atoms with Crippen LogP contribution in [0.25, 0.3) is 0 Å². The molecule has 94 valence electrons. The Balaban J connectivity index is 1.80. The van der Waals surface area contributed by atoms with Gasteiger partial charge in [0.2, 0.25) is 0 Å². The minimum Gasteiger partial charge on any atom is -0.304 e. The highest BCUT2D eigenvalue weighted by molar-refractivity contribution is 7.14. The Morgan fingerprint density at radius 2 is 2.28 bits per heavy atom. The molecule has 0 bridgehead atoms. The lowest BCUT2D eigenvalue weighted by molar-refractivity contribution is 0.103. The van der Waals surface area contributed by atoms with Crippen LogP contribution in [0, 0.1) is 13.8 Å². The van der Waals surface area contributed by atoms with Crippen LogP contribution in [0.15, 0.2) is 6.07 Å². The van der Waals surface area contributed by atoms with E-state index in [0.717, 1.165) is 29.0 Å². The van der Waals surface area contributed by atoms with Gasteiger partial charge in [-0.2, -0.15) is 5.10 Å². The number of H-pyrrole nitrogens is 1. The normalized spacial score (nSPS) is 13.7. The number of carbonyl (C=O) groups is 1. The van der Waals surface area contributed by atoms with Crippen LogP contribution in [0.3, 0.4) is 0 Å². The summed E-state index contributed by atoms with van der Waals surface area (Å²) in [6.07, 6.45) is 3.45. The number of thiophene rings is 1. The predicted molar refractivity (Wildman–Crippen MR) is 72.4 cm³/mol. The summed E-state index contributed by atoms with van der Waals surface area (Å²) >= 11 is 1.61. The first kappa shape index (κ1) is 11.5. The SMILES string of the molecule is Cc1[nH]nc(NC(=O)c2cc3c(s2)CCC3)c1C. The zero-order valence-electron chi connectivity index (χ0n) is 10.5. The Morgan fingerprint density at radius 1 is 1.44 bits per heavy atom. The molecule has 5 heteroatoms. The summed E-state index contributed by atoms with van der Waals surface area (Å²) in [4.78, 5) is 14.3. The van der Waals surface area contributed by atoms with Crippen LogP contribution in [0.1, 0.15) is 37.8 Å². The van der Waals surface area contributed by atoms with E-state index in [-0.39, 0.29) is 5.91 Å². The van der Waals surface area contributed by atoms with Crippen LogP contribution in [0.2, 0.25) is 0 Å². The molecule has 0 saturated carbocycles. The van der Waals surface area contributed by atoms with E-state index >= 15 is 0 Å². The number of nitrogens with one attached hydrogen (secondary N) is 2. The molecule has 4 nitrogen and oxygen atoms in total. The van der Waals surface area contributed by atoms with Crippen molar-refractivity contribution < 1.29 is 4.79 Å². The molecule has 2 aromatic rings. The molecule has 2 aromatic heterocycles. The Bertz CT molecular complexity index is 590. The number of nitrogens with zero attached hydrogens (tertiary/aromatic N) is 1. The summed E-state index contributed by atoms with van der Waals surface area (Å²) in [6, 6.07) is 2.02. The van der Waals surface area contributed by atoms with Gasteiger partial charge in [0, 0.05) is 16.1 Å². The fourth-order valence-electron chi connectivity index (χ4n) is 2.22. The molecular formula is C13H15N3OS. The minimum absolute atomic E-state index is 0.0519. The van der Waals surface area contributed by atoms with Crippen molar-refractivity contribution in [2.24, 2.45) is 0 Å². The second-order valence-corrected chi connectivity index (χ2v) is 5.83. The van der Waals surface area contributed by atoms with Gasteiger partial charge in [0.25, 0.3) is 5.91 Å². The van der Waals surface area contributed by atoms with Crippen molar-refractivity contribution in [2.75, 3.05) is 5.32 Å². The quantitative estimate of drug-likeness (QED) is 0.873. The Labute approximate surface area is 109 Å². The summed E-state index contributed by atoms with van der Waals surface area (Å²) in [5, 5.41) is 9.83. The molecule has 2 heterocycles. The van der Waals surface area contributed by atoms with Crippen LogP contribution in [-0.2, 0) is 12.8 Å². The number of anilines is 1. The fraction of sp³-hybridized carbons (Fsp3) is 0.385. The molecule has 0 saturated heterocycles. The van der Waals surface area contributed by atoms with Gasteiger partial charge in [0.1, 0.15) is 0 Å². The van der Waals surface area contributed by atoms with Gasteiger partial charge in [-0.3, -0.25) is 9.89 Å². The number of aromatic nitrogens is 2. The molecule has 18 heavy (non-hydrogen) atoms. The van der Waals surface area contributed by atoms with Crippen molar-refractivity contribution in [2.45, 2.75) is 33.1 Å². The first-order chi connectivity index (χ1) is 8.65. The summed E-state index contributed by atoms with van der Waals surface area (Å²) < 4.78 is 0. The molecule has 0 fully saturated rings. The van der Waals surface area contributed by atoms with Crippen molar-refractivity contribution in [3.63, 3.8) is 0 Å². The van der Waals surface area contributed by atoms with Gasteiger partial charge in [-0.15, -0.1) is 11.3 Å². The Hall–Kier alpha value is -1.62. The fourth-order valence-corrected chi connectivity index (χ4v) is 3.37. The van der Waals surface area contributed by atoms with Crippen LogP contribution in [0.5, 0.6) is 0 Å². The van der Waals surface area contributed by atoms with Gasteiger partial charge < -0.3 is 5.32 Å². The lowest BCUT2D eigenvalue weighted by atomic mass is 10.2. The van der Waals surface area contributed by atoms with Gasteiger partial charge in [-0.1, -0.05) is 0 Å². The first-order valence-corrected chi connectivity index (χ1v) is 6.91. The van der Waals surface area contributed by atoms with Gasteiger partial charge >= 0.3 is 0 Å². The van der Waals surface area contributed by atoms with Gasteiger partial charge in [-0.05, 0) is 44.7 Å². The third kappa shape index (κ3) is 1.84. The van der Waals surface area contributed by atoms with Crippen molar-refractivity contribution in [3.05, 3.63) is 32.6 Å². The standard InChI is InChI=1S/C13H15N3OS/c1-7-8(2)15-16-12(7)14-13(17)11-6-9-4-3-5-10(9)18-11/h6H,3-5H2,1-2H3,(H2,14,15,16,17). The van der Waals surface area contributed by atoms with Gasteiger partial charge in [0.15, 0.2) is 5.82 Å². The number of fused-ring (bicyclic) bond motifs is 1. The summed E-state index contributed by atoms with van der Waals surface area (Å²) in [6.45, 7) is 3.89. The third-order valence-corrected chi connectivity index (χ3v) is 4.69.